The number of hydrogen-bond acceptors (Lipinski definition) is 8. The molecule has 2 aromatic rings. The molecule has 0 N–H and O–H groups in total. The van der Waals surface area contributed by atoms with Crippen LogP contribution in [-0.4, -0.2) is 36.9 Å². The fourth-order valence-electron chi connectivity index (χ4n) is 4.81. The number of carbonyl (C=O) groups excluding carboxylic acids is 2. The lowest BCUT2D eigenvalue weighted by Gasteiger charge is -2.39. The normalized spacial score (nSPS) is 20.1. The van der Waals surface area contributed by atoms with Gasteiger partial charge in [0.2, 0.25) is 0 Å². The number of ether oxygens (including phenoxy) is 2. The smallest absolute Gasteiger partial charge is 0.373 e. The van der Waals surface area contributed by atoms with Crippen molar-refractivity contribution in [2.24, 2.45) is 5.92 Å². The van der Waals surface area contributed by atoms with Gasteiger partial charge in [-0.15, -0.1) is 0 Å². The largest absolute Gasteiger partial charge is 0.494 e. The maximum Gasteiger partial charge on any atom is 0.373 e. The minimum Gasteiger partial charge on any atom is -0.494 e. The lowest BCUT2D eigenvalue weighted by atomic mass is 9.78. The molecule has 8 nitrogen and oxygen atoms in total. The van der Waals surface area contributed by atoms with Crippen molar-refractivity contribution in [2.75, 3.05) is 13.2 Å². The van der Waals surface area contributed by atoms with E-state index >= 15 is 0 Å². The number of rotatable bonds is 18. The highest BCUT2D eigenvalue weighted by molar-refractivity contribution is 5.89. The van der Waals surface area contributed by atoms with Crippen LogP contribution < -0.4 is 9.47 Å². The highest BCUT2D eigenvalue weighted by Gasteiger charge is 2.45. The van der Waals surface area contributed by atoms with E-state index in [1.165, 1.54) is 25.7 Å². The van der Waals surface area contributed by atoms with E-state index in [4.69, 9.17) is 29.0 Å². The van der Waals surface area contributed by atoms with Crippen molar-refractivity contribution in [3.8, 4) is 11.5 Å². The Morgan fingerprint density at radius 1 is 0.738 bits per heavy atom. The third-order valence-electron chi connectivity index (χ3n) is 7.69. The van der Waals surface area contributed by atoms with Crippen molar-refractivity contribution in [2.45, 2.75) is 110 Å². The molecule has 0 radical (unpaired) electrons. The lowest BCUT2D eigenvalue weighted by molar-refractivity contribution is -0.388. The number of carbonyl (C=O) groups is 2. The SMILES string of the molecule is CCCCCCOc1ccc(C(=O)OOC2CC(C)CCC2(C)OOC(=O)c2ccc(OCCCCCC)cc2)cc1. The summed E-state index contributed by atoms with van der Waals surface area (Å²) in [7, 11) is 0. The van der Waals surface area contributed by atoms with Gasteiger partial charge in [0.15, 0.2) is 0 Å². The molecule has 1 aliphatic carbocycles. The molecule has 3 atom stereocenters. The molecule has 1 saturated carbocycles. The zero-order chi connectivity index (χ0) is 30.2. The van der Waals surface area contributed by atoms with Crippen molar-refractivity contribution >= 4 is 11.9 Å². The number of benzene rings is 2. The molecule has 0 saturated heterocycles. The quantitative estimate of drug-likeness (QED) is 0.0980. The molecule has 0 aliphatic heterocycles. The summed E-state index contributed by atoms with van der Waals surface area (Å²) in [5.74, 6) is 0.501. The van der Waals surface area contributed by atoms with Crippen LogP contribution in [0.15, 0.2) is 48.5 Å². The first-order chi connectivity index (χ1) is 20.3. The van der Waals surface area contributed by atoms with E-state index in [2.05, 4.69) is 20.8 Å². The highest BCUT2D eigenvalue weighted by atomic mass is 17.2. The molecule has 1 aliphatic rings. The van der Waals surface area contributed by atoms with Crippen molar-refractivity contribution in [1.82, 2.24) is 0 Å². The Bertz CT molecular complexity index is 1070. The van der Waals surface area contributed by atoms with E-state index < -0.39 is 23.6 Å². The second-order valence-electron chi connectivity index (χ2n) is 11.5. The molecule has 1 fully saturated rings. The second-order valence-corrected chi connectivity index (χ2v) is 11.5. The Balaban J connectivity index is 1.48. The van der Waals surface area contributed by atoms with Crippen LogP contribution in [0.2, 0.25) is 0 Å². The summed E-state index contributed by atoms with van der Waals surface area (Å²) in [6, 6.07) is 13.6. The maximum absolute atomic E-state index is 12.7. The predicted molar refractivity (Wildman–Crippen MR) is 160 cm³/mol. The molecular weight excluding hydrogens is 536 g/mol. The first-order valence-corrected chi connectivity index (χ1v) is 15.6. The number of hydrogen-bond donors (Lipinski definition) is 0. The van der Waals surface area contributed by atoms with Crippen LogP contribution in [-0.2, 0) is 19.6 Å². The van der Waals surface area contributed by atoms with Gasteiger partial charge in [0.1, 0.15) is 23.2 Å². The van der Waals surface area contributed by atoms with Crippen molar-refractivity contribution in [3.63, 3.8) is 0 Å². The molecule has 42 heavy (non-hydrogen) atoms. The third-order valence-corrected chi connectivity index (χ3v) is 7.69. The Labute approximate surface area is 250 Å². The highest BCUT2D eigenvalue weighted by Crippen LogP contribution is 2.37. The summed E-state index contributed by atoms with van der Waals surface area (Å²) in [5.41, 5.74) is -0.294. The fourth-order valence-corrected chi connectivity index (χ4v) is 4.81. The lowest BCUT2D eigenvalue weighted by Crippen LogP contribution is -2.48. The molecule has 232 valence electrons. The third kappa shape index (κ3) is 11.0. The van der Waals surface area contributed by atoms with Gasteiger partial charge in [-0.05, 0) is 93.5 Å². The van der Waals surface area contributed by atoms with Gasteiger partial charge in [-0.1, -0.05) is 59.3 Å². The van der Waals surface area contributed by atoms with Crippen LogP contribution in [0.3, 0.4) is 0 Å². The fraction of sp³-hybridized carbons (Fsp3) is 0.588. The minimum atomic E-state index is -0.987. The molecule has 0 aromatic heterocycles. The molecule has 0 heterocycles. The summed E-state index contributed by atoms with van der Waals surface area (Å²) in [6.07, 6.45) is 10.4. The average molecular weight is 585 g/mol. The van der Waals surface area contributed by atoms with Gasteiger partial charge in [-0.3, -0.25) is 9.78 Å². The standard InChI is InChI=1S/C34H48O8/c1-5-7-9-11-23-37-29-17-13-27(14-18-29)32(35)40-39-31-25-26(3)21-22-34(31,4)42-41-33(36)28-15-19-30(20-16-28)38-24-12-10-8-6-2/h13-20,26,31H,5-12,21-25H2,1-4H3. The van der Waals surface area contributed by atoms with Crippen LogP contribution in [0.4, 0.5) is 0 Å². The van der Waals surface area contributed by atoms with Gasteiger partial charge in [-0.25, -0.2) is 9.59 Å². The molecule has 0 bridgehead atoms. The molecule has 3 unspecified atom stereocenters. The van der Waals surface area contributed by atoms with Gasteiger partial charge in [0, 0.05) is 0 Å². The molecule has 0 spiro atoms. The van der Waals surface area contributed by atoms with E-state index in [1.807, 2.05) is 0 Å². The van der Waals surface area contributed by atoms with Crippen molar-refractivity contribution in [1.29, 1.82) is 0 Å². The summed E-state index contributed by atoms with van der Waals surface area (Å²) in [5, 5.41) is 0. The van der Waals surface area contributed by atoms with E-state index in [0.717, 1.165) is 32.1 Å². The summed E-state index contributed by atoms with van der Waals surface area (Å²) in [4.78, 5) is 47.2. The Kier molecular flexibility index (Phi) is 14.1. The number of unbranched alkanes of at least 4 members (excludes halogenated alkanes) is 6. The van der Waals surface area contributed by atoms with Crippen LogP contribution in [0.5, 0.6) is 11.5 Å². The van der Waals surface area contributed by atoms with Crippen LogP contribution in [0.1, 0.15) is 119 Å². The molecule has 2 aromatic carbocycles. The molecular formula is C34H48O8. The van der Waals surface area contributed by atoms with Crippen molar-refractivity contribution in [3.05, 3.63) is 59.7 Å². The van der Waals surface area contributed by atoms with Crippen LogP contribution in [0.25, 0.3) is 0 Å². The minimum absolute atomic E-state index is 0.323. The molecule has 8 heteroatoms. The van der Waals surface area contributed by atoms with Gasteiger partial charge in [0.05, 0.1) is 24.3 Å². The van der Waals surface area contributed by atoms with Gasteiger partial charge in [-0.2, -0.15) is 9.78 Å². The summed E-state index contributed by atoms with van der Waals surface area (Å²) < 4.78 is 11.5. The Morgan fingerprint density at radius 3 is 1.74 bits per heavy atom. The van der Waals surface area contributed by atoms with Crippen molar-refractivity contribution < 1.29 is 38.6 Å². The summed E-state index contributed by atoms with van der Waals surface area (Å²) in [6.45, 7) is 9.54. The maximum atomic E-state index is 12.7. The predicted octanol–water partition coefficient (Wildman–Crippen LogP) is 8.43. The van der Waals surface area contributed by atoms with Crippen LogP contribution >= 0.6 is 0 Å². The molecule has 3 rings (SSSR count). The monoisotopic (exact) mass is 584 g/mol. The van der Waals surface area contributed by atoms with E-state index in [0.29, 0.717) is 54.6 Å². The first kappa shape index (κ1) is 33.4. The molecule has 0 amide bonds. The topological polar surface area (TPSA) is 89.5 Å². The van der Waals surface area contributed by atoms with Gasteiger partial charge in [0.25, 0.3) is 0 Å². The average Bonchev–Trinajstić information content (AvgIpc) is 3.01. The van der Waals surface area contributed by atoms with Gasteiger partial charge < -0.3 is 9.47 Å². The van der Waals surface area contributed by atoms with E-state index in [-0.39, 0.29) is 0 Å². The van der Waals surface area contributed by atoms with Crippen LogP contribution in [0, 0.1) is 5.92 Å². The zero-order valence-corrected chi connectivity index (χ0v) is 25.7. The Hall–Kier alpha value is -3.10. The Morgan fingerprint density at radius 2 is 1.24 bits per heavy atom. The van der Waals surface area contributed by atoms with Gasteiger partial charge >= 0.3 is 11.9 Å². The second kappa shape index (κ2) is 17.8. The van der Waals surface area contributed by atoms with E-state index in [9.17, 15) is 9.59 Å². The first-order valence-electron chi connectivity index (χ1n) is 15.6. The summed E-state index contributed by atoms with van der Waals surface area (Å²) >= 11 is 0. The zero-order valence-electron chi connectivity index (χ0n) is 25.7. The van der Waals surface area contributed by atoms with E-state index in [1.54, 1.807) is 55.5 Å².